The van der Waals surface area contributed by atoms with Gasteiger partial charge in [0.05, 0.1) is 16.9 Å². The Bertz CT molecular complexity index is 338. The van der Waals surface area contributed by atoms with E-state index in [4.69, 9.17) is 18.0 Å². The van der Waals surface area contributed by atoms with E-state index in [1.54, 1.807) is 0 Å². The van der Waals surface area contributed by atoms with Gasteiger partial charge in [-0.2, -0.15) is 0 Å². The van der Waals surface area contributed by atoms with Crippen molar-refractivity contribution in [3.05, 3.63) is 0 Å². The summed E-state index contributed by atoms with van der Waals surface area (Å²) in [6, 6.07) is 0.0626. The highest BCUT2D eigenvalue weighted by atomic mass is 32.1. The van der Waals surface area contributed by atoms with Crippen LogP contribution in [0.4, 0.5) is 0 Å². The van der Waals surface area contributed by atoms with Crippen LogP contribution in [0.15, 0.2) is 0 Å². The van der Waals surface area contributed by atoms with E-state index >= 15 is 0 Å². The molecule has 5 nitrogen and oxygen atoms in total. The molecule has 0 atom stereocenters. The average molecular weight is 257 g/mol. The lowest BCUT2D eigenvalue weighted by atomic mass is 9.68. The molecular formula is C11H19N3O2S. The second-order valence-electron chi connectivity index (χ2n) is 4.70. The molecule has 1 saturated carbocycles. The standard InChI is InChI=1S/C11H19N3O2S/c1-7(2)14-8(15)6-13-10(16)11(9(12)17)4-3-5-11/h7H,3-6H2,1-2H3,(H2,12,17)(H,13,16)(H,14,15). The summed E-state index contributed by atoms with van der Waals surface area (Å²) in [6.07, 6.45) is 2.31. The van der Waals surface area contributed by atoms with Crippen molar-refractivity contribution in [2.24, 2.45) is 11.1 Å². The SMILES string of the molecule is CC(C)NC(=O)CNC(=O)C1(C(N)=S)CCC1. The Morgan fingerprint density at radius 3 is 2.35 bits per heavy atom. The van der Waals surface area contributed by atoms with E-state index in [-0.39, 0.29) is 29.4 Å². The zero-order valence-corrected chi connectivity index (χ0v) is 11.0. The molecule has 0 aliphatic heterocycles. The monoisotopic (exact) mass is 257 g/mol. The molecule has 0 bridgehead atoms. The van der Waals surface area contributed by atoms with Crippen LogP contribution in [0.2, 0.25) is 0 Å². The van der Waals surface area contributed by atoms with Crippen LogP contribution in [0.5, 0.6) is 0 Å². The molecule has 0 heterocycles. The van der Waals surface area contributed by atoms with Gasteiger partial charge < -0.3 is 16.4 Å². The fourth-order valence-corrected chi connectivity index (χ4v) is 2.12. The summed E-state index contributed by atoms with van der Waals surface area (Å²) in [4.78, 5) is 23.5. The van der Waals surface area contributed by atoms with Gasteiger partial charge in [0.2, 0.25) is 11.8 Å². The van der Waals surface area contributed by atoms with E-state index < -0.39 is 5.41 Å². The third kappa shape index (κ3) is 3.15. The molecular weight excluding hydrogens is 238 g/mol. The second-order valence-corrected chi connectivity index (χ2v) is 5.14. The largest absolute Gasteiger partial charge is 0.392 e. The first-order chi connectivity index (χ1) is 7.88. The third-order valence-corrected chi connectivity index (χ3v) is 3.36. The van der Waals surface area contributed by atoms with E-state index in [1.165, 1.54) is 0 Å². The summed E-state index contributed by atoms with van der Waals surface area (Å²) < 4.78 is 0. The van der Waals surface area contributed by atoms with Crippen LogP contribution in [-0.2, 0) is 9.59 Å². The first-order valence-electron chi connectivity index (χ1n) is 5.76. The minimum Gasteiger partial charge on any atom is -0.392 e. The number of carbonyl (C=O) groups excluding carboxylic acids is 2. The van der Waals surface area contributed by atoms with Crippen LogP contribution in [0.1, 0.15) is 33.1 Å². The van der Waals surface area contributed by atoms with Crippen LogP contribution >= 0.6 is 12.2 Å². The van der Waals surface area contributed by atoms with Crippen LogP contribution in [0.25, 0.3) is 0 Å². The van der Waals surface area contributed by atoms with Gasteiger partial charge in [0.1, 0.15) is 0 Å². The van der Waals surface area contributed by atoms with Crippen molar-refractivity contribution in [1.82, 2.24) is 10.6 Å². The summed E-state index contributed by atoms with van der Waals surface area (Å²) >= 11 is 4.92. The van der Waals surface area contributed by atoms with E-state index in [2.05, 4.69) is 10.6 Å². The summed E-state index contributed by atoms with van der Waals surface area (Å²) in [7, 11) is 0. The lowest BCUT2D eigenvalue weighted by molar-refractivity contribution is -0.133. The number of hydrogen-bond acceptors (Lipinski definition) is 3. The van der Waals surface area contributed by atoms with Crippen molar-refractivity contribution < 1.29 is 9.59 Å². The molecule has 0 aromatic rings. The number of nitrogens with two attached hydrogens (primary N) is 1. The third-order valence-electron chi connectivity index (χ3n) is 2.97. The van der Waals surface area contributed by atoms with Gasteiger partial charge in [0.15, 0.2) is 0 Å². The highest BCUT2D eigenvalue weighted by Crippen LogP contribution is 2.41. The number of rotatable bonds is 5. The van der Waals surface area contributed by atoms with Gasteiger partial charge in [-0.05, 0) is 26.7 Å². The Morgan fingerprint density at radius 1 is 1.41 bits per heavy atom. The maximum Gasteiger partial charge on any atom is 0.239 e. The first-order valence-corrected chi connectivity index (χ1v) is 6.17. The van der Waals surface area contributed by atoms with Crippen LogP contribution in [0, 0.1) is 5.41 Å². The maximum absolute atomic E-state index is 11.9. The molecule has 2 amide bonds. The fourth-order valence-electron chi connectivity index (χ4n) is 1.82. The average Bonchev–Trinajstić information content (AvgIpc) is 2.10. The number of nitrogens with one attached hydrogen (secondary N) is 2. The molecule has 1 aliphatic rings. The summed E-state index contributed by atoms with van der Waals surface area (Å²) in [5.41, 5.74) is 4.88. The summed E-state index contributed by atoms with van der Waals surface area (Å²) in [6.45, 7) is 3.70. The molecule has 0 aromatic carbocycles. The highest BCUT2D eigenvalue weighted by molar-refractivity contribution is 7.80. The molecule has 17 heavy (non-hydrogen) atoms. The molecule has 0 aromatic heterocycles. The van der Waals surface area contributed by atoms with Gasteiger partial charge in [0.25, 0.3) is 0 Å². The molecule has 4 N–H and O–H groups in total. The van der Waals surface area contributed by atoms with Crippen LogP contribution in [0.3, 0.4) is 0 Å². The molecule has 0 radical (unpaired) electrons. The van der Waals surface area contributed by atoms with Gasteiger partial charge >= 0.3 is 0 Å². The zero-order valence-electron chi connectivity index (χ0n) is 10.2. The number of hydrogen-bond donors (Lipinski definition) is 3. The Balaban J connectivity index is 2.44. The second kappa shape index (κ2) is 5.44. The van der Waals surface area contributed by atoms with E-state index in [9.17, 15) is 9.59 Å². The number of amides is 2. The van der Waals surface area contributed by atoms with Crippen molar-refractivity contribution in [3.63, 3.8) is 0 Å². The first kappa shape index (κ1) is 13.9. The smallest absolute Gasteiger partial charge is 0.239 e. The topological polar surface area (TPSA) is 84.2 Å². The van der Waals surface area contributed by atoms with Crippen molar-refractivity contribution >= 4 is 29.0 Å². The van der Waals surface area contributed by atoms with E-state index in [1.807, 2.05) is 13.8 Å². The lowest BCUT2D eigenvalue weighted by Crippen LogP contribution is -2.54. The number of carbonyl (C=O) groups is 2. The summed E-state index contributed by atoms with van der Waals surface area (Å²) in [5, 5.41) is 5.29. The predicted octanol–water partition coefficient (Wildman–Crippen LogP) is 0.0836. The van der Waals surface area contributed by atoms with Gasteiger partial charge in [-0.25, -0.2) is 0 Å². The van der Waals surface area contributed by atoms with Crippen molar-refractivity contribution in [2.45, 2.75) is 39.2 Å². The molecule has 6 heteroatoms. The Hall–Kier alpha value is -1.17. The van der Waals surface area contributed by atoms with Crippen LogP contribution in [-0.4, -0.2) is 29.4 Å². The highest BCUT2D eigenvalue weighted by Gasteiger charge is 2.46. The van der Waals surface area contributed by atoms with Crippen molar-refractivity contribution in [1.29, 1.82) is 0 Å². The molecule has 0 saturated heterocycles. The Labute approximate surface area is 107 Å². The van der Waals surface area contributed by atoms with Crippen molar-refractivity contribution in [3.8, 4) is 0 Å². The zero-order chi connectivity index (χ0) is 13.1. The van der Waals surface area contributed by atoms with Gasteiger partial charge in [0, 0.05) is 6.04 Å². The molecule has 0 spiro atoms. The molecule has 1 fully saturated rings. The van der Waals surface area contributed by atoms with E-state index in [0.29, 0.717) is 12.8 Å². The normalized spacial score (nSPS) is 17.1. The Morgan fingerprint density at radius 2 is 2.00 bits per heavy atom. The minimum absolute atomic E-state index is 0.0264. The van der Waals surface area contributed by atoms with E-state index in [0.717, 1.165) is 6.42 Å². The number of thiocarbonyl (C=S) groups is 1. The van der Waals surface area contributed by atoms with Gasteiger partial charge in [-0.15, -0.1) is 0 Å². The van der Waals surface area contributed by atoms with Crippen molar-refractivity contribution in [2.75, 3.05) is 6.54 Å². The quantitative estimate of drug-likeness (QED) is 0.609. The van der Waals surface area contributed by atoms with Crippen LogP contribution < -0.4 is 16.4 Å². The maximum atomic E-state index is 11.9. The van der Waals surface area contributed by atoms with Gasteiger partial charge in [-0.1, -0.05) is 18.6 Å². The minimum atomic E-state index is -0.715. The van der Waals surface area contributed by atoms with Gasteiger partial charge in [-0.3, -0.25) is 9.59 Å². The molecule has 96 valence electrons. The summed E-state index contributed by atoms with van der Waals surface area (Å²) in [5.74, 6) is -0.430. The molecule has 0 unspecified atom stereocenters. The predicted molar refractivity (Wildman–Crippen MR) is 69.4 cm³/mol. The molecule has 1 rings (SSSR count). The Kier molecular flexibility index (Phi) is 4.45. The lowest BCUT2D eigenvalue weighted by Gasteiger charge is -2.38. The molecule has 1 aliphatic carbocycles. The fraction of sp³-hybridized carbons (Fsp3) is 0.727.